The van der Waals surface area contributed by atoms with Crippen molar-refractivity contribution in [2.24, 2.45) is 0 Å². The second-order valence-corrected chi connectivity index (χ2v) is 7.33. The number of carbonyl (C=O) groups is 1. The van der Waals surface area contributed by atoms with Crippen LogP contribution < -0.4 is 4.74 Å². The van der Waals surface area contributed by atoms with Crippen molar-refractivity contribution in [1.29, 1.82) is 0 Å². The third-order valence-electron chi connectivity index (χ3n) is 4.72. The Bertz CT molecular complexity index is 975. The minimum atomic E-state index is -1.63. The number of phenols is 1. The number of hydrogen-bond acceptors (Lipinski definition) is 9. The lowest BCUT2D eigenvalue weighted by atomic mass is 9.99. The standard InChI is InChI=1S/C21H21ClO9/c22-11-3-1-2-10(6-11)14(24)8-16(26)13-5-4-12(7-15(13)25)30-21-20(29)19(28)18(27)17(9-23)31-21/h1-8,17-21,23-25,27-29H,9H2/b14-8-/t17-,18-,19+,20-,21-/m1/s1. The molecular formula is C21H21ClO9. The zero-order valence-electron chi connectivity index (χ0n) is 16.0. The maximum Gasteiger partial charge on any atom is 0.229 e. The van der Waals surface area contributed by atoms with Gasteiger partial charge in [-0.3, -0.25) is 4.79 Å². The molecule has 0 amide bonds. The van der Waals surface area contributed by atoms with Crippen LogP contribution in [0.3, 0.4) is 0 Å². The third-order valence-corrected chi connectivity index (χ3v) is 4.96. The molecule has 9 nitrogen and oxygen atoms in total. The van der Waals surface area contributed by atoms with Gasteiger partial charge in [-0.2, -0.15) is 0 Å². The van der Waals surface area contributed by atoms with Crippen LogP contribution >= 0.6 is 11.6 Å². The van der Waals surface area contributed by atoms with Gasteiger partial charge in [-0.1, -0.05) is 23.7 Å². The van der Waals surface area contributed by atoms with E-state index in [9.17, 15) is 35.4 Å². The van der Waals surface area contributed by atoms with Crippen molar-refractivity contribution in [3.8, 4) is 11.5 Å². The molecule has 0 unspecified atom stereocenters. The van der Waals surface area contributed by atoms with Crippen LogP contribution in [-0.4, -0.2) is 73.7 Å². The van der Waals surface area contributed by atoms with E-state index in [2.05, 4.69) is 0 Å². The average molecular weight is 453 g/mol. The molecule has 1 heterocycles. The normalized spacial score (nSPS) is 26.5. The van der Waals surface area contributed by atoms with Crippen molar-refractivity contribution in [2.45, 2.75) is 30.7 Å². The van der Waals surface area contributed by atoms with Crippen LogP contribution in [-0.2, 0) is 4.74 Å². The molecule has 1 aliphatic rings. The summed E-state index contributed by atoms with van der Waals surface area (Å²) in [6.07, 6.45) is -6.45. The van der Waals surface area contributed by atoms with Gasteiger partial charge < -0.3 is 40.1 Å². The summed E-state index contributed by atoms with van der Waals surface area (Å²) >= 11 is 5.86. The first-order valence-corrected chi connectivity index (χ1v) is 9.60. The van der Waals surface area contributed by atoms with Gasteiger partial charge in [-0.05, 0) is 24.3 Å². The third kappa shape index (κ3) is 5.16. The van der Waals surface area contributed by atoms with Gasteiger partial charge in [0.05, 0.1) is 12.2 Å². The van der Waals surface area contributed by atoms with Crippen LogP contribution in [0, 0.1) is 0 Å². The summed E-state index contributed by atoms with van der Waals surface area (Å²) in [6.45, 7) is -0.619. The van der Waals surface area contributed by atoms with E-state index in [0.29, 0.717) is 10.6 Å². The van der Waals surface area contributed by atoms with Gasteiger partial charge in [-0.15, -0.1) is 0 Å². The minimum Gasteiger partial charge on any atom is -0.507 e. The minimum absolute atomic E-state index is 0.0126. The van der Waals surface area contributed by atoms with Crippen molar-refractivity contribution in [2.75, 3.05) is 6.61 Å². The zero-order chi connectivity index (χ0) is 22.7. The largest absolute Gasteiger partial charge is 0.507 e. The summed E-state index contributed by atoms with van der Waals surface area (Å²) in [5, 5.41) is 59.6. The van der Waals surface area contributed by atoms with Crippen LogP contribution in [0.15, 0.2) is 48.5 Å². The number of aromatic hydroxyl groups is 1. The Balaban J connectivity index is 1.75. The molecule has 1 saturated heterocycles. The lowest BCUT2D eigenvalue weighted by Crippen LogP contribution is -2.60. The monoisotopic (exact) mass is 452 g/mol. The molecule has 0 spiro atoms. The van der Waals surface area contributed by atoms with Crippen LogP contribution in [0.2, 0.25) is 5.02 Å². The molecule has 0 aromatic heterocycles. The first-order valence-electron chi connectivity index (χ1n) is 9.22. The highest BCUT2D eigenvalue weighted by Gasteiger charge is 2.44. The predicted octanol–water partition coefficient (Wildman–Crippen LogP) is 1.01. The van der Waals surface area contributed by atoms with Crippen LogP contribution in [0.5, 0.6) is 11.5 Å². The molecular weight excluding hydrogens is 432 g/mol. The Morgan fingerprint density at radius 1 is 1.10 bits per heavy atom. The highest BCUT2D eigenvalue weighted by Crippen LogP contribution is 2.29. The van der Waals surface area contributed by atoms with Crippen LogP contribution in [0.25, 0.3) is 5.76 Å². The van der Waals surface area contributed by atoms with Crippen LogP contribution in [0.4, 0.5) is 0 Å². The summed E-state index contributed by atoms with van der Waals surface area (Å²) in [7, 11) is 0. The fourth-order valence-corrected chi connectivity index (χ4v) is 3.22. The number of rotatable bonds is 6. The smallest absolute Gasteiger partial charge is 0.229 e. The lowest BCUT2D eigenvalue weighted by molar-refractivity contribution is -0.277. The Labute approximate surface area is 182 Å². The topological polar surface area (TPSA) is 157 Å². The predicted molar refractivity (Wildman–Crippen MR) is 109 cm³/mol. The molecule has 0 bridgehead atoms. The van der Waals surface area contributed by atoms with E-state index >= 15 is 0 Å². The first kappa shape index (κ1) is 23.0. The molecule has 2 aromatic carbocycles. The van der Waals surface area contributed by atoms with Crippen molar-refractivity contribution in [3.63, 3.8) is 0 Å². The summed E-state index contributed by atoms with van der Waals surface area (Å²) in [5.41, 5.74) is 0.192. The average Bonchev–Trinajstić information content (AvgIpc) is 2.74. The molecule has 10 heteroatoms. The van der Waals surface area contributed by atoms with Crippen molar-refractivity contribution >= 4 is 23.1 Å². The number of aliphatic hydroxyl groups is 5. The van der Waals surface area contributed by atoms with Gasteiger partial charge in [0, 0.05) is 22.7 Å². The van der Waals surface area contributed by atoms with Crippen LogP contribution in [0.1, 0.15) is 15.9 Å². The van der Waals surface area contributed by atoms with Gasteiger partial charge in [0.2, 0.25) is 6.29 Å². The quantitative estimate of drug-likeness (QED) is 0.214. The summed E-state index contributed by atoms with van der Waals surface area (Å²) in [4.78, 5) is 12.4. The molecule has 3 rings (SSSR count). The molecule has 0 aliphatic carbocycles. The number of ether oxygens (including phenoxy) is 2. The molecule has 2 aromatic rings. The molecule has 0 saturated carbocycles. The number of ketones is 1. The molecule has 6 N–H and O–H groups in total. The molecule has 1 fully saturated rings. The van der Waals surface area contributed by atoms with E-state index in [-0.39, 0.29) is 17.1 Å². The molecule has 1 aliphatic heterocycles. The number of halogens is 1. The Hall–Kier alpha value is -2.66. The summed E-state index contributed by atoms with van der Waals surface area (Å²) < 4.78 is 10.6. The molecule has 31 heavy (non-hydrogen) atoms. The number of aliphatic hydroxyl groups excluding tert-OH is 5. The number of benzene rings is 2. The second-order valence-electron chi connectivity index (χ2n) is 6.90. The summed E-state index contributed by atoms with van der Waals surface area (Å²) in [6, 6.07) is 9.87. The number of allylic oxidation sites excluding steroid dienone is 1. The Morgan fingerprint density at radius 2 is 1.84 bits per heavy atom. The zero-order valence-corrected chi connectivity index (χ0v) is 16.8. The van der Waals surface area contributed by atoms with E-state index in [4.69, 9.17) is 21.1 Å². The fourth-order valence-electron chi connectivity index (χ4n) is 3.03. The van der Waals surface area contributed by atoms with E-state index in [1.165, 1.54) is 18.2 Å². The summed E-state index contributed by atoms with van der Waals surface area (Å²) in [5.74, 6) is -1.51. The van der Waals surface area contributed by atoms with Gasteiger partial charge in [0.1, 0.15) is 41.7 Å². The highest BCUT2D eigenvalue weighted by atomic mass is 35.5. The molecule has 0 radical (unpaired) electrons. The van der Waals surface area contributed by atoms with Crippen molar-refractivity contribution in [1.82, 2.24) is 0 Å². The van der Waals surface area contributed by atoms with E-state index < -0.39 is 48.8 Å². The number of hydrogen-bond donors (Lipinski definition) is 6. The molecule has 5 atom stereocenters. The van der Waals surface area contributed by atoms with E-state index in [0.717, 1.165) is 12.1 Å². The van der Waals surface area contributed by atoms with Gasteiger partial charge >= 0.3 is 0 Å². The van der Waals surface area contributed by atoms with Crippen molar-refractivity contribution in [3.05, 3.63) is 64.7 Å². The molecule has 166 valence electrons. The van der Waals surface area contributed by atoms with E-state index in [1.54, 1.807) is 18.2 Å². The maximum atomic E-state index is 12.4. The highest BCUT2D eigenvalue weighted by molar-refractivity contribution is 6.30. The SMILES string of the molecule is O=C(/C=C(\O)c1cccc(Cl)c1)c1ccc(O[C@@H]2O[C@H](CO)[C@@H](O)[C@H](O)[C@H]2O)cc1O. The lowest BCUT2D eigenvalue weighted by Gasteiger charge is -2.39. The fraction of sp³-hybridized carbons (Fsp3) is 0.286. The van der Waals surface area contributed by atoms with Crippen molar-refractivity contribution < 1.29 is 44.9 Å². The Kier molecular flexibility index (Phi) is 7.16. The number of phenolic OH excluding ortho intramolecular Hbond substituents is 1. The number of carbonyl (C=O) groups excluding carboxylic acids is 1. The maximum absolute atomic E-state index is 12.4. The Morgan fingerprint density at radius 3 is 2.48 bits per heavy atom. The van der Waals surface area contributed by atoms with E-state index in [1.807, 2.05) is 0 Å². The second kappa shape index (κ2) is 9.65. The first-order chi connectivity index (χ1) is 14.7. The van der Waals surface area contributed by atoms with Gasteiger partial charge in [0.25, 0.3) is 0 Å². The van der Waals surface area contributed by atoms with Gasteiger partial charge in [0.15, 0.2) is 5.78 Å². The van der Waals surface area contributed by atoms with Gasteiger partial charge in [-0.25, -0.2) is 0 Å².